The summed E-state index contributed by atoms with van der Waals surface area (Å²) in [6.45, 7) is 0.295. The molecule has 1 atom stereocenters. The molecular formula is C31H23BrN2O7. The van der Waals surface area contributed by atoms with Gasteiger partial charge in [-0.05, 0) is 47.5 Å². The Hall–Kier alpha value is -4.96. The molecule has 1 aliphatic carbocycles. The highest BCUT2D eigenvalue weighted by molar-refractivity contribution is 9.09. The van der Waals surface area contributed by atoms with E-state index < -0.39 is 16.7 Å². The lowest BCUT2D eigenvalue weighted by Gasteiger charge is -2.17. The lowest BCUT2D eigenvalue weighted by molar-refractivity contribution is -0.120. The highest BCUT2D eigenvalue weighted by Gasteiger charge is 2.23. The second-order valence-corrected chi connectivity index (χ2v) is 10.1. The first kappa shape index (κ1) is 27.6. The Balaban J connectivity index is 1.39. The molecule has 4 N–H and O–H groups in total. The van der Waals surface area contributed by atoms with E-state index in [-0.39, 0.29) is 52.6 Å². The standard InChI is InChI=1S/C31H23BrN2O7/c32-28(17-4-2-1-3-5-17)30(38)34-13-12-33-29(37)18-6-9-21(24(14-18)31(39)40)27-22-10-7-19(35)15-25(22)41-26-16-20(36)8-11-23(26)27/h1-11,14-16,28,35H,12-13H2,(H,33,37)(H,34,38)(H,39,40). The van der Waals surface area contributed by atoms with Gasteiger partial charge in [-0.3, -0.25) is 14.4 Å². The molecule has 0 spiro atoms. The minimum atomic E-state index is -1.26. The number of alkyl halides is 1. The smallest absolute Gasteiger partial charge is 0.336 e. The number of phenols is 1. The van der Waals surface area contributed by atoms with Crippen LogP contribution in [0.2, 0.25) is 0 Å². The summed E-state index contributed by atoms with van der Waals surface area (Å²) in [7, 11) is 0. The Morgan fingerprint density at radius 1 is 0.854 bits per heavy atom. The Bertz CT molecular complexity index is 1820. The van der Waals surface area contributed by atoms with E-state index in [0.29, 0.717) is 22.1 Å². The second-order valence-electron chi connectivity index (χ2n) is 9.20. The molecule has 9 nitrogen and oxygen atoms in total. The first-order valence-corrected chi connectivity index (χ1v) is 13.5. The van der Waals surface area contributed by atoms with Gasteiger partial charge >= 0.3 is 5.97 Å². The number of carbonyl (C=O) groups excluding carboxylic acids is 2. The van der Waals surface area contributed by atoms with E-state index in [2.05, 4.69) is 26.6 Å². The average Bonchev–Trinajstić information content (AvgIpc) is 2.97. The number of benzene rings is 4. The van der Waals surface area contributed by atoms with Crippen molar-refractivity contribution in [3.63, 3.8) is 0 Å². The van der Waals surface area contributed by atoms with Crippen molar-refractivity contribution < 1.29 is 29.0 Å². The normalized spacial score (nSPS) is 11.7. The van der Waals surface area contributed by atoms with E-state index >= 15 is 0 Å². The minimum Gasteiger partial charge on any atom is -0.508 e. The minimum absolute atomic E-state index is 0.0572. The monoisotopic (exact) mass is 614 g/mol. The number of hydrogen-bond acceptors (Lipinski definition) is 6. The Morgan fingerprint density at radius 3 is 2.34 bits per heavy atom. The zero-order valence-corrected chi connectivity index (χ0v) is 23.0. The van der Waals surface area contributed by atoms with Gasteiger partial charge in [0.1, 0.15) is 21.9 Å². The number of rotatable bonds is 8. The Labute approximate surface area is 241 Å². The summed E-state index contributed by atoms with van der Waals surface area (Å²) in [5, 5.41) is 26.0. The van der Waals surface area contributed by atoms with Gasteiger partial charge in [0.05, 0.1) is 5.56 Å². The molecule has 0 fully saturated rings. The first-order valence-electron chi connectivity index (χ1n) is 12.5. The number of hydrogen-bond donors (Lipinski definition) is 4. The lowest BCUT2D eigenvalue weighted by atomic mass is 9.90. The molecule has 0 aromatic heterocycles. The summed E-state index contributed by atoms with van der Waals surface area (Å²) in [6, 6.07) is 22.1. The van der Waals surface area contributed by atoms with Gasteiger partial charge < -0.3 is 25.3 Å². The van der Waals surface area contributed by atoms with Crippen LogP contribution < -0.4 is 16.1 Å². The van der Waals surface area contributed by atoms with Crippen LogP contribution in [0, 0.1) is 0 Å². The van der Waals surface area contributed by atoms with Crippen molar-refractivity contribution >= 4 is 44.7 Å². The van der Waals surface area contributed by atoms with Crippen molar-refractivity contribution in [2.75, 3.05) is 13.1 Å². The van der Waals surface area contributed by atoms with E-state index in [1.165, 1.54) is 42.5 Å². The summed E-state index contributed by atoms with van der Waals surface area (Å²) in [5.41, 5.74) is 2.04. The molecule has 1 heterocycles. The number of amides is 2. The van der Waals surface area contributed by atoms with E-state index in [1.807, 2.05) is 30.3 Å². The molecule has 10 heteroatoms. The molecule has 0 saturated carbocycles. The molecule has 2 aliphatic rings. The van der Waals surface area contributed by atoms with Gasteiger partial charge in [0, 0.05) is 47.3 Å². The van der Waals surface area contributed by atoms with Crippen molar-refractivity contribution in [1.82, 2.24) is 10.6 Å². The number of phenolic OH excluding ortho intramolecular Hbond substituents is 1. The zero-order chi connectivity index (χ0) is 29.1. The fourth-order valence-corrected chi connectivity index (χ4v) is 5.02. The summed E-state index contributed by atoms with van der Waals surface area (Å²) in [6.07, 6.45) is 0. The number of carboxylic acid groups (broad SMARTS) is 1. The van der Waals surface area contributed by atoms with Crippen molar-refractivity contribution in [2.45, 2.75) is 4.83 Å². The number of halogens is 1. The molecule has 0 bridgehead atoms. The maximum atomic E-state index is 12.9. The number of carbonyl (C=O) groups is 3. The SMILES string of the molecule is O=C(NCCNC(=O)C(Br)c1ccccc1)c1ccc(-c2c3ccc(=O)cc-3oc3cc(O)ccc23)c(C(=O)O)c1. The van der Waals surface area contributed by atoms with Crippen molar-refractivity contribution in [1.29, 1.82) is 0 Å². The average molecular weight is 615 g/mol. The third-order valence-corrected chi connectivity index (χ3v) is 7.44. The molecule has 3 aromatic rings. The van der Waals surface area contributed by atoms with Crippen LogP contribution in [-0.2, 0) is 4.79 Å². The molecular weight excluding hydrogens is 592 g/mol. The molecule has 5 rings (SSSR count). The summed E-state index contributed by atoms with van der Waals surface area (Å²) < 4.78 is 5.84. The molecule has 1 aliphatic heterocycles. The molecule has 41 heavy (non-hydrogen) atoms. The first-order chi connectivity index (χ1) is 19.7. The van der Waals surface area contributed by atoms with Crippen LogP contribution in [0.1, 0.15) is 31.1 Å². The van der Waals surface area contributed by atoms with Crippen LogP contribution in [-0.4, -0.2) is 41.1 Å². The molecule has 0 radical (unpaired) electrons. The van der Waals surface area contributed by atoms with Crippen LogP contribution in [0.5, 0.6) is 5.75 Å². The van der Waals surface area contributed by atoms with Crippen LogP contribution in [0.15, 0.2) is 94.1 Å². The molecule has 206 valence electrons. The fourth-order valence-electron chi connectivity index (χ4n) is 4.56. The molecule has 3 aromatic carbocycles. The predicted molar refractivity (Wildman–Crippen MR) is 157 cm³/mol. The zero-order valence-electron chi connectivity index (χ0n) is 21.4. The predicted octanol–water partition coefficient (Wildman–Crippen LogP) is 4.95. The number of nitrogens with one attached hydrogen (secondary N) is 2. The largest absolute Gasteiger partial charge is 0.508 e. The highest BCUT2D eigenvalue weighted by atomic mass is 79.9. The fraction of sp³-hybridized carbons (Fsp3) is 0.0968. The van der Waals surface area contributed by atoms with Crippen molar-refractivity contribution in [2.24, 2.45) is 0 Å². The van der Waals surface area contributed by atoms with E-state index in [1.54, 1.807) is 12.1 Å². The number of aromatic hydroxyl groups is 1. The number of carboxylic acids is 1. The summed E-state index contributed by atoms with van der Waals surface area (Å²) >= 11 is 3.36. The third kappa shape index (κ3) is 5.82. The molecule has 0 saturated heterocycles. The Kier molecular flexibility index (Phi) is 7.84. The molecule has 2 amide bonds. The van der Waals surface area contributed by atoms with E-state index in [9.17, 15) is 29.4 Å². The molecule has 1 unspecified atom stereocenters. The third-order valence-electron chi connectivity index (χ3n) is 6.49. The van der Waals surface area contributed by atoms with Gasteiger partial charge in [0.25, 0.3) is 5.91 Å². The van der Waals surface area contributed by atoms with Gasteiger partial charge in [-0.25, -0.2) is 4.79 Å². The van der Waals surface area contributed by atoms with Crippen LogP contribution in [0.3, 0.4) is 0 Å². The summed E-state index contributed by atoms with van der Waals surface area (Å²) in [4.78, 5) is 49.1. The van der Waals surface area contributed by atoms with Crippen molar-refractivity contribution in [3.05, 3.63) is 112 Å². The maximum absolute atomic E-state index is 12.9. The van der Waals surface area contributed by atoms with E-state index in [4.69, 9.17) is 4.42 Å². The van der Waals surface area contributed by atoms with Gasteiger partial charge in [0.2, 0.25) is 5.91 Å². The van der Waals surface area contributed by atoms with Crippen LogP contribution >= 0.6 is 15.9 Å². The maximum Gasteiger partial charge on any atom is 0.336 e. The topological polar surface area (TPSA) is 146 Å². The lowest BCUT2D eigenvalue weighted by Crippen LogP contribution is -2.36. The summed E-state index contributed by atoms with van der Waals surface area (Å²) in [5.74, 6) is -1.85. The highest BCUT2D eigenvalue weighted by Crippen LogP contribution is 2.42. The van der Waals surface area contributed by atoms with Crippen LogP contribution in [0.4, 0.5) is 0 Å². The van der Waals surface area contributed by atoms with Gasteiger partial charge in [-0.1, -0.05) is 52.3 Å². The second kappa shape index (κ2) is 11.6. The van der Waals surface area contributed by atoms with Gasteiger partial charge in [0.15, 0.2) is 5.43 Å². The van der Waals surface area contributed by atoms with Crippen LogP contribution in [0.25, 0.3) is 33.4 Å². The van der Waals surface area contributed by atoms with Gasteiger partial charge in [-0.15, -0.1) is 0 Å². The van der Waals surface area contributed by atoms with Gasteiger partial charge in [-0.2, -0.15) is 0 Å². The Morgan fingerprint density at radius 2 is 1.59 bits per heavy atom. The quantitative estimate of drug-likeness (QED) is 0.110. The number of aromatic carboxylic acids is 1. The number of fused-ring (bicyclic) bond motifs is 2. The van der Waals surface area contributed by atoms with E-state index in [0.717, 1.165) is 5.56 Å². The van der Waals surface area contributed by atoms with Crippen molar-refractivity contribution in [3.8, 4) is 28.2 Å².